The molecule has 1 aliphatic rings. The molecule has 1 aliphatic carbocycles. The third-order valence-corrected chi connectivity index (χ3v) is 5.62. The fourth-order valence-corrected chi connectivity index (χ4v) is 4.14. The SMILES string of the molecule is CN(CCC(=O)Nc1sc2c(c1C#N)CCCCC2)CC(=O)N(C)C. The molecule has 25 heavy (non-hydrogen) atoms. The summed E-state index contributed by atoms with van der Waals surface area (Å²) in [7, 11) is 5.25. The number of likely N-dealkylation sites (N-methyl/N-ethyl adjacent to an activating group) is 2. The molecule has 0 aromatic carbocycles. The second kappa shape index (κ2) is 8.97. The van der Waals surface area contributed by atoms with E-state index in [1.54, 1.807) is 25.4 Å². The molecule has 1 N–H and O–H groups in total. The van der Waals surface area contributed by atoms with Crippen LogP contribution in [-0.2, 0) is 22.4 Å². The van der Waals surface area contributed by atoms with Crippen LogP contribution >= 0.6 is 11.3 Å². The first kappa shape index (κ1) is 19.4. The van der Waals surface area contributed by atoms with Crippen molar-refractivity contribution in [2.24, 2.45) is 0 Å². The van der Waals surface area contributed by atoms with Crippen LogP contribution in [0.3, 0.4) is 0 Å². The number of hydrogen-bond acceptors (Lipinski definition) is 5. The molecule has 136 valence electrons. The van der Waals surface area contributed by atoms with E-state index in [0.29, 0.717) is 23.5 Å². The first-order valence-corrected chi connectivity index (χ1v) is 9.47. The Bertz CT molecular complexity index is 675. The second-order valence-corrected chi connectivity index (χ2v) is 7.81. The first-order valence-electron chi connectivity index (χ1n) is 8.65. The first-order chi connectivity index (χ1) is 11.9. The largest absolute Gasteiger partial charge is 0.348 e. The van der Waals surface area contributed by atoms with Gasteiger partial charge in [0.05, 0.1) is 12.1 Å². The molecule has 2 amide bonds. The average Bonchev–Trinajstić information content (AvgIpc) is 2.72. The van der Waals surface area contributed by atoms with Crippen LogP contribution in [0.1, 0.15) is 41.7 Å². The number of anilines is 1. The van der Waals surface area contributed by atoms with Crippen molar-refractivity contribution in [2.45, 2.75) is 38.5 Å². The van der Waals surface area contributed by atoms with E-state index < -0.39 is 0 Å². The topological polar surface area (TPSA) is 76.4 Å². The molecule has 0 atom stereocenters. The van der Waals surface area contributed by atoms with Crippen molar-refractivity contribution in [1.29, 1.82) is 5.26 Å². The van der Waals surface area contributed by atoms with Gasteiger partial charge in [-0.2, -0.15) is 5.26 Å². The summed E-state index contributed by atoms with van der Waals surface area (Å²) in [5.41, 5.74) is 1.78. The average molecular weight is 362 g/mol. The zero-order valence-corrected chi connectivity index (χ0v) is 16.0. The van der Waals surface area contributed by atoms with E-state index in [1.165, 1.54) is 16.2 Å². The predicted octanol–water partition coefficient (Wildman–Crippen LogP) is 2.24. The number of rotatable bonds is 6. The van der Waals surface area contributed by atoms with Crippen molar-refractivity contribution in [2.75, 3.05) is 39.5 Å². The molecule has 1 aromatic heterocycles. The number of hydrogen-bond donors (Lipinski definition) is 1. The Balaban J connectivity index is 1.93. The van der Waals surface area contributed by atoms with Crippen molar-refractivity contribution < 1.29 is 9.59 Å². The van der Waals surface area contributed by atoms with Crippen LogP contribution in [-0.4, -0.2) is 55.8 Å². The van der Waals surface area contributed by atoms with Gasteiger partial charge in [-0.25, -0.2) is 0 Å². The Morgan fingerprint density at radius 1 is 1.20 bits per heavy atom. The molecular formula is C18H26N4O2S. The van der Waals surface area contributed by atoms with Crippen LogP contribution in [0, 0.1) is 11.3 Å². The van der Waals surface area contributed by atoms with Crippen molar-refractivity contribution in [1.82, 2.24) is 9.80 Å². The lowest BCUT2D eigenvalue weighted by Gasteiger charge is -2.18. The Morgan fingerprint density at radius 3 is 2.60 bits per heavy atom. The van der Waals surface area contributed by atoms with Crippen LogP contribution in [0.2, 0.25) is 0 Å². The highest BCUT2D eigenvalue weighted by molar-refractivity contribution is 7.16. The van der Waals surface area contributed by atoms with Gasteiger partial charge in [0.25, 0.3) is 0 Å². The van der Waals surface area contributed by atoms with Crippen molar-refractivity contribution in [3.63, 3.8) is 0 Å². The number of nitrogens with zero attached hydrogens (tertiary/aromatic N) is 3. The molecule has 0 saturated carbocycles. The third kappa shape index (κ3) is 5.28. The Labute approximate surface area is 153 Å². The molecule has 1 heterocycles. The molecule has 2 rings (SSSR count). The highest BCUT2D eigenvalue weighted by Crippen LogP contribution is 2.36. The summed E-state index contributed by atoms with van der Waals surface area (Å²) >= 11 is 1.55. The van der Waals surface area contributed by atoms with Crippen LogP contribution < -0.4 is 5.32 Å². The number of nitrogens with one attached hydrogen (secondary N) is 1. The molecule has 0 bridgehead atoms. The number of aryl methyl sites for hydroxylation is 1. The quantitative estimate of drug-likeness (QED) is 0.788. The maximum Gasteiger partial charge on any atom is 0.236 e. The maximum atomic E-state index is 12.2. The lowest BCUT2D eigenvalue weighted by atomic mass is 10.1. The minimum atomic E-state index is -0.114. The number of thiophene rings is 1. The van der Waals surface area contributed by atoms with E-state index in [0.717, 1.165) is 31.2 Å². The van der Waals surface area contributed by atoms with Gasteiger partial charge in [-0.1, -0.05) is 6.42 Å². The van der Waals surface area contributed by atoms with Crippen molar-refractivity contribution >= 4 is 28.2 Å². The van der Waals surface area contributed by atoms with E-state index in [2.05, 4.69) is 11.4 Å². The van der Waals surface area contributed by atoms with Crippen LogP contribution in [0.25, 0.3) is 0 Å². The van der Waals surface area contributed by atoms with E-state index >= 15 is 0 Å². The summed E-state index contributed by atoms with van der Waals surface area (Å²) in [6, 6.07) is 2.28. The van der Waals surface area contributed by atoms with Crippen molar-refractivity contribution in [3.05, 3.63) is 16.0 Å². The standard InChI is InChI=1S/C18H26N4O2S/c1-21(2)17(24)12-22(3)10-9-16(23)20-18-14(11-19)13-7-5-4-6-8-15(13)25-18/h4-10,12H2,1-3H3,(H,20,23). The summed E-state index contributed by atoms with van der Waals surface area (Å²) < 4.78 is 0. The number of fused-ring (bicyclic) bond motifs is 1. The second-order valence-electron chi connectivity index (χ2n) is 6.70. The zero-order valence-electron chi connectivity index (χ0n) is 15.2. The van der Waals surface area contributed by atoms with Crippen LogP contribution in [0.5, 0.6) is 0 Å². The van der Waals surface area contributed by atoms with Gasteiger partial charge in [0.15, 0.2) is 0 Å². The number of carbonyl (C=O) groups is 2. The van der Waals surface area contributed by atoms with Gasteiger partial charge in [-0.05, 0) is 38.3 Å². The number of carbonyl (C=O) groups excluding carboxylic acids is 2. The Morgan fingerprint density at radius 2 is 1.92 bits per heavy atom. The molecule has 0 radical (unpaired) electrons. The molecule has 0 spiro atoms. The van der Waals surface area contributed by atoms with Gasteiger partial charge < -0.3 is 10.2 Å². The fourth-order valence-electron chi connectivity index (χ4n) is 2.88. The fraction of sp³-hybridized carbons (Fsp3) is 0.611. The lowest BCUT2D eigenvalue weighted by molar-refractivity contribution is -0.130. The maximum absolute atomic E-state index is 12.2. The van der Waals surface area contributed by atoms with Gasteiger partial charge in [-0.15, -0.1) is 11.3 Å². The Kier molecular flexibility index (Phi) is 6.97. The normalized spacial score (nSPS) is 13.7. The number of amides is 2. The summed E-state index contributed by atoms with van der Waals surface area (Å²) in [5, 5.41) is 13.1. The molecule has 6 nitrogen and oxygen atoms in total. The molecular weight excluding hydrogens is 336 g/mol. The molecule has 7 heteroatoms. The van der Waals surface area contributed by atoms with Crippen LogP contribution in [0.4, 0.5) is 5.00 Å². The highest BCUT2D eigenvalue weighted by atomic mass is 32.1. The molecule has 1 aromatic rings. The van der Waals surface area contributed by atoms with Gasteiger partial charge in [-0.3, -0.25) is 14.5 Å². The van der Waals surface area contributed by atoms with Gasteiger partial charge in [0.1, 0.15) is 11.1 Å². The minimum absolute atomic E-state index is 0.0108. The molecule has 0 saturated heterocycles. The van der Waals surface area contributed by atoms with Crippen LogP contribution in [0.15, 0.2) is 0 Å². The predicted molar refractivity (Wildman–Crippen MR) is 99.7 cm³/mol. The van der Waals surface area contributed by atoms with Crippen molar-refractivity contribution in [3.8, 4) is 6.07 Å². The Hall–Kier alpha value is -1.91. The molecule has 0 aliphatic heterocycles. The number of nitriles is 1. The van der Waals surface area contributed by atoms with E-state index in [9.17, 15) is 14.9 Å². The monoisotopic (exact) mass is 362 g/mol. The lowest BCUT2D eigenvalue weighted by Crippen LogP contribution is -2.35. The summed E-state index contributed by atoms with van der Waals surface area (Å²) in [6.45, 7) is 0.787. The molecule has 0 fully saturated rings. The van der Waals surface area contributed by atoms with Gasteiger partial charge >= 0.3 is 0 Å². The van der Waals surface area contributed by atoms with E-state index in [-0.39, 0.29) is 18.4 Å². The molecule has 0 unspecified atom stereocenters. The van der Waals surface area contributed by atoms with E-state index in [4.69, 9.17) is 0 Å². The summed E-state index contributed by atoms with van der Waals surface area (Å²) in [4.78, 5) is 28.5. The highest BCUT2D eigenvalue weighted by Gasteiger charge is 2.21. The van der Waals surface area contributed by atoms with Gasteiger partial charge in [0.2, 0.25) is 11.8 Å². The summed E-state index contributed by atoms with van der Waals surface area (Å²) in [6.07, 6.45) is 5.68. The summed E-state index contributed by atoms with van der Waals surface area (Å²) in [5.74, 6) is -0.103. The van der Waals surface area contributed by atoms with E-state index in [1.807, 2.05) is 11.9 Å². The minimum Gasteiger partial charge on any atom is -0.348 e. The van der Waals surface area contributed by atoms with Gasteiger partial charge in [0, 0.05) is 31.9 Å². The zero-order chi connectivity index (χ0) is 18.4. The smallest absolute Gasteiger partial charge is 0.236 e. The third-order valence-electron chi connectivity index (χ3n) is 4.41.